The Bertz CT molecular complexity index is 143. The van der Waals surface area contributed by atoms with Crippen LogP contribution in [0.25, 0.3) is 0 Å². The molecule has 14 heavy (non-hydrogen) atoms. The number of nitrogens with zero attached hydrogens (tertiary/aromatic N) is 1. The van der Waals surface area contributed by atoms with Crippen LogP contribution in [0.3, 0.4) is 0 Å². The summed E-state index contributed by atoms with van der Waals surface area (Å²) in [5.74, 6) is 0.976. The van der Waals surface area contributed by atoms with Gasteiger partial charge in [-0.3, -0.25) is 0 Å². The van der Waals surface area contributed by atoms with E-state index >= 15 is 0 Å². The second kappa shape index (κ2) is 6.41. The number of piperidine rings is 1. The highest BCUT2D eigenvalue weighted by Gasteiger charge is 2.19. The second-order valence-electron chi connectivity index (χ2n) is 4.72. The Morgan fingerprint density at radius 1 is 1.36 bits per heavy atom. The molecule has 0 spiro atoms. The van der Waals surface area contributed by atoms with Crippen molar-refractivity contribution in [3.63, 3.8) is 0 Å². The maximum atomic E-state index is 3.42. The van der Waals surface area contributed by atoms with Crippen LogP contribution in [0.4, 0.5) is 0 Å². The topological polar surface area (TPSA) is 15.3 Å². The van der Waals surface area contributed by atoms with Crippen LogP contribution in [0.5, 0.6) is 0 Å². The van der Waals surface area contributed by atoms with Gasteiger partial charge in [-0.1, -0.05) is 6.92 Å². The lowest BCUT2D eigenvalue weighted by molar-refractivity contribution is 0.145. The summed E-state index contributed by atoms with van der Waals surface area (Å²) in [5.41, 5.74) is 0. The van der Waals surface area contributed by atoms with Crippen molar-refractivity contribution < 1.29 is 1.43 Å². The van der Waals surface area contributed by atoms with E-state index in [0.29, 0.717) is 0 Å². The molecule has 1 aliphatic rings. The van der Waals surface area contributed by atoms with Gasteiger partial charge in [-0.2, -0.15) is 0 Å². The minimum atomic E-state index is 0. The molecule has 0 saturated carbocycles. The van der Waals surface area contributed by atoms with Crippen molar-refractivity contribution >= 4 is 0 Å². The van der Waals surface area contributed by atoms with Gasteiger partial charge in [0.05, 0.1) is 0 Å². The molecule has 2 nitrogen and oxygen atoms in total. The fourth-order valence-corrected chi connectivity index (χ4v) is 2.24. The van der Waals surface area contributed by atoms with E-state index in [9.17, 15) is 0 Å². The number of nitrogens with one attached hydrogen (secondary N) is 1. The minimum Gasteiger partial charge on any atom is -0.317 e. The molecule has 1 N–H and O–H groups in total. The Kier molecular flexibility index (Phi) is 5.49. The molecular weight excluding hydrogens is 172 g/mol. The van der Waals surface area contributed by atoms with E-state index in [1.54, 1.807) is 0 Å². The Hall–Kier alpha value is -0.0800. The zero-order valence-corrected chi connectivity index (χ0v) is 10.1. The molecule has 0 radical (unpaired) electrons. The van der Waals surface area contributed by atoms with Gasteiger partial charge >= 0.3 is 0 Å². The van der Waals surface area contributed by atoms with Crippen molar-refractivity contribution in [1.29, 1.82) is 0 Å². The smallest absolute Gasteiger partial charge is 0.00385 e. The molecule has 0 aromatic heterocycles. The van der Waals surface area contributed by atoms with E-state index in [-0.39, 0.29) is 1.43 Å². The van der Waals surface area contributed by atoms with Crippen LogP contribution in [-0.2, 0) is 0 Å². The first-order chi connectivity index (χ1) is 6.74. The van der Waals surface area contributed by atoms with Gasteiger partial charge < -0.3 is 10.2 Å². The van der Waals surface area contributed by atoms with E-state index in [1.807, 2.05) is 0 Å². The Morgan fingerprint density at radius 3 is 2.50 bits per heavy atom. The molecule has 86 valence electrons. The second-order valence-corrected chi connectivity index (χ2v) is 4.72. The van der Waals surface area contributed by atoms with Crippen molar-refractivity contribution in [2.45, 2.75) is 46.1 Å². The standard InChI is InChI=1S/C12H26N2.H2/c1-4-13-8-5-12-6-9-14(10-7-12)11(2)3;/h11-13H,4-10H2,1-3H3;1H. The van der Waals surface area contributed by atoms with E-state index in [4.69, 9.17) is 0 Å². The van der Waals surface area contributed by atoms with E-state index in [2.05, 4.69) is 31.0 Å². The van der Waals surface area contributed by atoms with Gasteiger partial charge in [0.1, 0.15) is 0 Å². The van der Waals surface area contributed by atoms with Crippen molar-refractivity contribution in [2.24, 2.45) is 5.92 Å². The maximum Gasteiger partial charge on any atom is 0.00385 e. The monoisotopic (exact) mass is 200 g/mol. The van der Waals surface area contributed by atoms with Gasteiger partial charge in [0.25, 0.3) is 0 Å². The van der Waals surface area contributed by atoms with Crippen LogP contribution in [0.15, 0.2) is 0 Å². The molecule has 0 amide bonds. The lowest BCUT2D eigenvalue weighted by atomic mass is 9.93. The van der Waals surface area contributed by atoms with Crippen molar-refractivity contribution in [1.82, 2.24) is 10.2 Å². The summed E-state index contributed by atoms with van der Waals surface area (Å²) in [4.78, 5) is 2.60. The van der Waals surface area contributed by atoms with Gasteiger partial charge in [-0.05, 0) is 65.2 Å². The minimum absolute atomic E-state index is 0. The number of likely N-dealkylation sites (tertiary alicyclic amines) is 1. The van der Waals surface area contributed by atoms with Gasteiger partial charge in [-0.15, -0.1) is 0 Å². The molecule has 1 saturated heterocycles. The highest BCUT2D eigenvalue weighted by atomic mass is 15.1. The molecule has 1 heterocycles. The molecule has 0 aliphatic carbocycles. The molecule has 0 atom stereocenters. The summed E-state index contributed by atoms with van der Waals surface area (Å²) in [6, 6.07) is 0.740. The average Bonchev–Trinajstić information content (AvgIpc) is 2.19. The van der Waals surface area contributed by atoms with E-state index in [0.717, 1.165) is 18.5 Å². The lowest BCUT2D eigenvalue weighted by Crippen LogP contribution is -2.39. The van der Waals surface area contributed by atoms with E-state index in [1.165, 1.54) is 38.9 Å². The average molecular weight is 200 g/mol. The Morgan fingerprint density at radius 2 is 2.00 bits per heavy atom. The first-order valence-corrected chi connectivity index (χ1v) is 6.18. The molecule has 0 aromatic carbocycles. The zero-order chi connectivity index (χ0) is 10.4. The fourth-order valence-electron chi connectivity index (χ4n) is 2.24. The van der Waals surface area contributed by atoms with Gasteiger partial charge in [0.15, 0.2) is 0 Å². The highest BCUT2D eigenvalue weighted by molar-refractivity contribution is 4.74. The first-order valence-electron chi connectivity index (χ1n) is 6.18. The predicted molar refractivity (Wildman–Crippen MR) is 64.7 cm³/mol. The van der Waals surface area contributed by atoms with Crippen molar-refractivity contribution in [2.75, 3.05) is 26.2 Å². The van der Waals surface area contributed by atoms with Crippen LogP contribution in [0.2, 0.25) is 0 Å². The van der Waals surface area contributed by atoms with Gasteiger partial charge in [-0.25, -0.2) is 0 Å². The fraction of sp³-hybridized carbons (Fsp3) is 1.00. The Balaban J connectivity index is 0.00000196. The van der Waals surface area contributed by atoms with Crippen LogP contribution in [-0.4, -0.2) is 37.1 Å². The summed E-state index contributed by atoms with van der Waals surface area (Å²) in [6.07, 6.45) is 4.19. The summed E-state index contributed by atoms with van der Waals surface area (Å²) in [5, 5.41) is 3.42. The van der Waals surface area contributed by atoms with Crippen LogP contribution in [0.1, 0.15) is 41.5 Å². The van der Waals surface area contributed by atoms with Crippen LogP contribution >= 0.6 is 0 Å². The Labute approximate surface area is 90.5 Å². The van der Waals surface area contributed by atoms with Crippen molar-refractivity contribution in [3.8, 4) is 0 Å². The largest absolute Gasteiger partial charge is 0.317 e. The third-order valence-corrected chi connectivity index (χ3v) is 3.36. The summed E-state index contributed by atoms with van der Waals surface area (Å²) in [6.45, 7) is 11.7. The molecular formula is C12H28N2. The number of hydrogen-bond donors (Lipinski definition) is 1. The predicted octanol–water partition coefficient (Wildman–Crippen LogP) is 2.35. The summed E-state index contributed by atoms with van der Waals surface area (Å²) < 4.78 is 0. The third-order valence-electron chi connectivity index (χ3n) is 3.36. The molecule has 0 aromatic rings. The molecule has 2 heteroatoms. The number of hydrogen-bond acceptors (Lipinski definition) is 2. The maximum absolute atomic E-state index is 3.42. The molecule has 0 bridgehead atoms. The van der Waals surface area contributed by atoms with Gasteiger partial charge in [0, 0.05) is 7.47 Å². The molecule has 1 rings (SSSR count). The quantitative estimate of drug-likeness (QED) is 0.685. The van der Waals surface area contributed by atoms with E-state index < -0.39 is 0 Å². The molecule has 0 unspecified atom stereocenters. The normalized spacial score (nSPS) is 20.6. The SMILES string of the molecule is CCNCCC1CCN(C(C)C)CC1.[HH]. The first kappa shape index (κ1) is 12.0. The summed E-state index contributed by atoms with van der Waals surface area (Å²) >= 11 is 0. The third kappa shape index (κ3) is 3.97. The van der Waals surface area contributed by atoms with Gasteiger partial charge in [0.2, 0.25) is 0 Å². The van der Waals surface area contributed by atoms with Crippen molar-refractivity contribution in [3.05, 3.63) is 0 Å². The molecule has 1 fully saturated rings. The van der Waals surface area contributed by atoms with Crippen LogP contribution < -0.4 is 5.32 Å². The molecule has 1 aliphatic heterocycles. The summed E-state index contributed by atoms with van der Waals surface area (Å²) in [7, 11) is 0. The zero-order valence-electron chi connectivity index (χ0n) is 10.1. The van der Waals surface area contributed by atoms with Crippen LogP contribution in [0, 0.1) is 5.92 Å². The highest BCUT2D eigenvalue weighted by Crippen LogP contribution is 2.21. The lowest BCUT2D eigenvalue weighted by Gasteiger charge is -2.34. The number of rotatable bonds is 5.